The monoisotopic (exact) mass is 405 g/mol. The molecule has 0 aliphatic rings. The van der Waals surface area contributed by atoms with Crippen LogP contribution < -0.4 is 0 Å². The minimum absolute atomic E-state index is 0.142. The van der Waals surface area contributed by atoms with E-state index < -0.39 is 5.97 Å². The van der Waals surface area contributed by atoms with E-state index in [1.54, 1.807) is 18.2 Å². The number of benzene rings is 2. The second-order valence-corrected chi connectivity index (χ2v) is 7.55. The van der Waals surface area contributed by atoms with E-state index >= 15 is 0 Å². The summed E-state index contributed by atoms with van der Waals surface area (Å²) in [4.78, 5) is 16.3. The van der Waals surface area contributed by atoms with E-state index in [4.69, 9.17) is 16.0 Å². The number of aromatic carboxylic acids is 1. The molecule has 0 saturated carbocycles. The Morgan fingerprint density at radius 2 is 1.79 bits per heavy atom. The lowest BCUT2D eigenvalue weighted by Gasteiger charge is -2.09. The second kappa shape index (κ2) is 7.72. The highest BCUT2D eigenvalue weighted by Crippen LogP contribution is 2.32. The van der Waals surface area contributed by atoms with Gasteiger partial charge in [0.05, 0.1) is 11.1 Å². The molecule has 0 radical (unpaired) electrons. The van der Waals surface area contributed by atoms with Crippen molar-refractivity contribution in [1.29, 1.82) is 0 Å². The Morgan fingerprint density at radius 3 is 2.48 bits per heavy atom. The zero-order valence-electron chi connectivity index (χ0n) is 16.1. The summed E-state index contributed by atoms with van der Waals surface area (Å²) in [7, 11) is 0. The van der Waals surface area contributed by atoms with Crippen molar-refractivity contribution < 1.29 is 14.3 Å². The number of hydrogen-bond acceptors (Lipinski definition) is 3. The van der Waals surface area contributed by atoms with E-state index in [-0.39, 0.29) is 5.56 Å². The van der Waals surface area contributed by atoms with Crippen LogP contribution in [0.4, 0.5) is 0 Å². The Bertz CT molecular complexity index is 1190. The molecule has 4 aromatic rings. The Labute approximate surface area is 173 Å². The average Bonchev–Trinajstić information content (AvgIpc) is 3.22. The van der Waals surface area contributed by atoms with Crippen molar-refractivity contribution in [3.8, 4) is 22.8 Å². The summed E-state index contributed by atoms with van der Waals surface area (Å²) < 4.78 is 6.01. The first kappa shape index (κ1) is 19.2. The maximum absolute atomic E-state index is 11.7. The van der Waals surface area contributed by atoms with Gasteiger partial charge in [-0.15, -0.1) is 0 Å². The van der Waals surface area contributed by atoms with Crippen LogP contribution >= 0.6 is 11.6 Å². The van der Waals surface area contributed by atoms with Crippen LogP contribution in [0.1, 0.15) is 42.1 Å². The lowest BCUT2D eigenvalue weighted by molar-refractivity contribution is 0.0699. The molecule has 2 aromatic heterocycles. The smallest absolute Gasteiger partial charge is 0.336 e. The zero-order valence-corrected chi connectivity index (χ0v) is 16.9. The van der Waals surface area contributed by atoms with Crippen LogP contribution in [0, 0.1) is 0 Å². The molecular formula is C24H20ClNO3. The molecule has 0 saturated heterocycles. The first-order chi connectivity index (χ1) is 14.0. The van der Waals surface area contributed by atoms with Gasteiger partial charge >= 0.3 is 5.97 Å². The van der Waals surface area contributed by atoms with Gasteiger partial charge in [0.25, 0.3) is 0 Å². The van der Waals surface area contributed by atoms with Gasteiger partial charge in [-0.25, -0.2) is 9.78 Å². The molecule has 0 fully saturated rings. The maximum atomic E-state index is 11.7. The number of nitrogens with zero attached hydrogens (tertiary/aromatic N) is 1. The van der Waals surface area contributed by atoms with E-state index in [0.717, 1.165) is 12.0 Å². The number of carboxylic acids is 1. The first-order valence-electron chi connectivity index (χ1n) is 9.50. The van der Waals surface area contributed by atoms with Gasteiger partial charge in [0.2, 0.25) is 0 Å². The predicted molar refractivity (Wildman–Crippen MR) is 116 cm³/mol. The van der Waals surface area contributed by atoms with Gasteiger partial charge in [-0.3, -0.25) is 0 Å². The number of pyridine rings is 1. The molecule has 1 N–H and O–H groups in total. The van der Waals surface area contributed by atoms with E-state index in [9.17, 15) is 9.90 Å². The number of rotatable bonds is 5. The molecule has 29 heavy (non-hydrogen) atoms. The molecule has 2 aromatic carbocycles. The lowest BCUT2D eigenvalue weighted by atomic mass is 9.97. The highest BCUT2D eigenvalue weighted by molar-refractivity contribution is 6.31. The molecule has 146 valence electrons. The van der Waals surface area contributed by atoms with Crippen LogP contribution in [0.15, 0.2) is 65.1 Å². The summed E-state index contributed by atoms with van der Waals surface area (Å²) in [5, 5.41) is 10.6. The highest BCUT2D eigenvalue weighted by Gasteiger charge is 2.16. The third-order valence-corrected chi connectivity index (χ3v) is 5.47. The number of furan rings is 1. The van der Waals surface area contributed by atoms with Gasteiger partial charge in [0, 0.05) is 16.0 Å². The molecule has 4 rings (SSSR count). The standard InChI is InChI=1S/C24H20ClNO3/c1-3-14(2)15-4-6-16(7-5-15)22-10-11-23(29-22)21-13-19(24(27)28)18-12-17(25)8-9-20(18)26-21/h4-14H,3H2,1-2H3,(H,27,28)/t14-/m0/s1. The third-order valence-electron chi connectivity index (χ3n) is 5.24. The van der Waals surface area contributed by atoms with Gasteiger partial charge in [-0.2, -0.15) is 0 Å². The van der Waals surface area contributed by atoms with Gasteiger partial charge in [0.1, 0.15) is 11.5 Å². The van der Waals surface area contributed by atoms with Crippen LogP contribution in [-0.4, -0.2) is 16.1 Å². The molecule has 0 spiro atoms. The van der Waals surface area contributed by atoms with Crippen molar-refractivity contribution in [3.63, 3.8) is 0 Å². The summed E-state index contributed by atoms with van der Waals surface area (Å²) in [6, 6.07) is 18.6. The van der Waals surface area contributed by atoms with Crippen LogP contribution in [0.5, 0.6) is 0 Å². The fourth-order valence-corrected chi connectivity index (χ4v) is 3.52. The van der Waals surface area contributed by atoms with E-state index in [0.29, 0.717) is 39.1 Å². The van der Waals surface area contributed by atoms with Gasteiger partial charge < -0.3 is 9.52 Å². The highest BCUT2D eigenvalue weighted by atomic mass is 35.5. The van der Waals surface area contributed by atoms with Gasteiger partial charge in [0.15, 0.2) is 5.76 Å². The number of fused-ring (bicyclic) bond motifs is 1. The van der Waals surface area contributed by atoms with E-state index in [1.165, 1.54) is 11.6 Å². The van der Waals surface area contributed by atoms with Crippen molar-refractivity contribution in [2.75, 3.05) is 0 Å². The quantitative estimate of drug-likeness (QED) is 0.387. The number of aromatic nitrogens is 1. The van der Waals surface area contributed by atoms with E-state index in [1.807, 2.05) is 24.3 Å². The minimum atomic E-state index is -1.03. The number of carbonyl (C=O) groups is 1. The molecule has 4 nitrogen and oxygen atoms in total. The van der Waals surface area contributed by atoms with Crippen molar-refractivity contribution in [1.82, 2.24) is 4.98 Å². The summed E-state index contributed by atoms with van der Waals surface area (Å²) >= 11 is 6.02. The number of halogens is 1. The van der Waals surface area contributed by atoms with Crippen molar-refractivity contribution in [2.45, 2.75) is 26.2 Å². The Morgan fingerprint density at radius 1 is 1.07 bits per heavy atom. The molecule has 5 heteroatoms. The lowest BCUT2D eigenvalue weighted by Crippen LogP contribution is -2.00. The molecule has 0 aliphatic heterocycles. The summed E-state index contributed by atoms with van der Waals surface area (Å²) in [5.74, 6) is 0.713. The van der Waals surface area contributed by atoms with Gasteiger partial charge in [-0.05, 0) is 54.3 Å². The van der Waals surface area contributed by atoms with Crippen molar-refractivity contribution in [2.24, 2.45) is 0 Å². The van der Waals surface area contributed by atoms with Crippen LogP contribution in [0.25, 0.3) is 33.7 Å². The Hall–Kier alpha value is -3.11. The molecule has 0 bridgehead atoms. The van der Waals surface area contributed by atoms with Gasteiger partial charge in [-0.1, -0.05) is 49.7 Å². The first-order valence-corrected chi connectivity index (χ1v) is 9.88. The minimum Gasteiger partial charge on any atom is -0.478 e. The molecule has 0 aliphatic carbocycles. The average molecular weight is 406 g/mol. The fraction of sp³-hybridized carbons (Fsp3) is 0.167. The molecule has 2 heterocycles. The number of hydrogen-bond donors (Lipinski definition) is 1. The van der Waals surface area contributed by atoms with Crippen molar-refractivity contribution in [3.05, 3.63) is 76.8 Å². The molecule has 0 amide bonds. The maximum Gasteiger partial charge on any atom is 0.336 e. The van der Waals surface area contributed by atoms with E-state index in [2.05, 4.69) is 31.0 Å². The summed E-state index contributed by atoms with van der Waals surface area (Å²) in [6.45, 7) is 4.38. The number of carboxylic acid groups (broad SMARTS) is 1. The largest absolute Gasteiger partial charge is 0.478 e. The molecule has 0 unspecified atom stereocenters. The Kier molecular flexibility index (Phi) is 5.12. The SMILES string of the molecule is CC[C@H](C)c1ccc(-c2ccc(-c3cc(C(=O)O)c4cc(Cl)ccc4n3)o2)cc1. The fourth-order valence-electron chi connectivity index (χ4n) is 3.34. The molecule has 1 atom stereocenters. The van der Waals surface area contributed by atoms with Crippen LogP contribution in [0.2, 0.25) is 5.02 Å². The summed E-state index contributed by atoms with van der Waals surface area (Å²) in [6.07, 6.45) is 1.09. The second-order valence-electron chi connectivity index (χ2n) is 7.12. The van der Waals surface area contributed by atoms with Crippen LogP contribution in [-0.2, 0) is 0 Å². The predicted octanol–water partition coefficient (Wildman–Crippen LogP) is 7.03. The zero-order chi connectivity index (χ0) is 20.5. The van der Waals surface area contributed by atoms with Crippen LogP contribution in [0.3, 0.4) is 0 Å². The third kappa shape index (κ3) is 3.76. The normalized spacial score (nSPS) is 12.2. The van der Waals surface area contributed by atoms with Crippen molar-refractivity contribution >= 4 is 28.5 Å². The summed E-state index contributed by atoms with van der Waals surface area (Å²) in [5.41, 5.74) is 3.43. The topological polar surface area (TPSA) is 63.3 Å². The Balaban J connectivity index is 1.73. The molecular weight excluding hydrogens is 386 g/mol.